The highest BCUT2D eigenvalue weighted by molar-refractivity contribution is 8.23. The Labute approximate surface area is 207 Å². The number of carbonyl (C=O) groups excluding carboxylic acids is 2. The van der Waals surface area contributed by atoms with E-state index in [1.165, 1.54) is 17.3 Å². The summed E-state index contributed by atoms with van der Waals surface area (Å²) in [5.41, 5.74) is -1.01. The van der Waals surface area contributed by atoms with Crippen molar-refractivity contribution in [3.63, 3.8) is 0 Å². The normalized spacial score (nSPS) is 42.1. The van der Waals surface area contributed by atoms with Crippen LogP contribution in [-0.2, 0) is 9.59 Å². The zero-order chi connectivity index (χ0) is 24.2. The fourth-order valence-corrected chi connectivity index (χ4v) is 9.34. The summed E-state index contributed by atoms with van der Waals surface area (Å²) < 4.78 is 0.701. The number of nitrogens with zero attached hydrogens (tertiary/aromatic N) is 1. The first kappa shape index (κ1) is 25.3. The van der Waals surface area contributed by atoms with Crippen molar-refractivity contribution >= 4 is 39.9 Å². The average Bonchev–Trinajstić information content (AvgIpc) is 3.04. The summed E-state index contributed by atoms with van der Waals surface area (Å²) >= 11 is 6.85. The molecule has 5 nitrogen and oxygen atoms in total. The Morgan fingerprint density at radius 3 is 2.58 bits per heavy atom. The van der Waals surface area contributed by atoms with E-state index < -0.39 is 17.1 Å². The molecule has 2 N–H and O–H groups in total. The topological polar surface area (TPSA) is 77.8 Å². The predicted octanol–water partition coefficient (Wildman–Crippen LogP) is 4.15. The molecule has 0 aliphatic heterocycles. The van der Waals surface area contributed by atoms with Gasteiger partial charge in [0.15, 0.2) is 11.6 Å². The molecule has 0 radical (unpaired) electrons. The molecule has 0 unspecified atom stereocenters. The second kappa shape index (κ2) is 9.03. The first-order chi connectivity index (χ1) is 15.5. The molecule has 0 amide bonds. The van der Waals surface area contributed by atoms with Gasteiger partial charge in [0.25, 0.3) is 0 Å². The molecule has 184 valence electrons. The Morgan fingerprint density at radius 1 is 1.21 bits per heavy atom. The van der Waals surface area contributed by atoms with Gasteiger partial charge in [-0.2, -0.15) is 0 Å². The molecule has 4 aliphatic rings. The van der Waals surface area contributed by atoms with Crippen molar-refractivity contribution in [1.82, 2.24) is 4.90 Å². The highest BCUT2D eigenvalue weighted by Crippen LogP contribution is 2.67. The van der Waals surface area contributed by atoms with Crippen molar-refractivity contribution in [1.29, 1.82) is 0 Å². The lowest BCUT2D eigenvalue weighted by Gasteiger charge is -2.60. The molecular formula is C26H39NO4S2. The van der Waals surface area contributed by atoms with E-state index in [4.69, 9.17) is 12.2 Å². The summed E-state index contributed by atoms with van der Waals surface area (Å²) in [5.74, 6) is 0.785. The zero-order valence-electron chi connectivity index (χ0n) is 20.4. The van der Waals surface area contributed by atoms with Gasteiger partial charge >= 0.3 is 0 Å². The Balaban J connectivity index is 1.56. The highest BCUT2D eigenvalue weighted by Gasteiger charge is 2.68. The number of ketones is 2. The summed E-state index contributed by atoms with van der Waals surface area (Å²) in [5, 5.41) is 23.3. The summed E-state index contributed by atoms with van der Waals surface area (Å²) in [7, 11) is 0. The fraction of sp³-hybridized carbons (Fsp3) is 0.808. The minimum Gasteiger partial charge on any atom is -0.393 e. The van der Waals surface area contributed by atoms with Crippen LogP contribution in [0.3, 0.4) is 0 Å². The van der Waals surface area contributed by atoms with E-state index in [9.17, 15) is 19.8 Å². The number of aliphatic hydroxyl groups is 2. The Kier molecular flexibility index (Phi) is 6.93. The monoisotopic (exact) mass is 493 g/mol. The molecule has 0 spiro atoms. The fourth-order valence-electron chi connectivity index (χ4n) is 7.97. The molecule has 0 aromatic carbocycles. The number of thioether (sulfide) groups is 1. The van der Waals surface area contributed by atoms with Crippen LogP contribution in [-0.4, -0.2) is 61.5 Å². The standard InChI is InChI=1S/C26H39NO4S2/c1-5-27(6-2)23(32)33-15-21(30)26(31)12-10-19-18-8-7-16-13-17(28)9-11-24(16,3)22(18)20(29)14-25(19,26)4/h13,18-20,22,29,31H,5-12,14-15H2,1-4H3/t18-,19+,20-,22+,24-,25-,26-/m0/s1. The van der Waals surface area contributed by atoms with Gasteiger partial charge in [-0.15, -0.1) is 0 Å². The first-order valence-corrected chi connectivity index (χ1v) is 14.0. The molecule has 3 fully saturated rings. The Hall–Kier alpha value is -0.760. The van der Waals surface area contributed by atoms with Gasteiger partial charge < -0.3 is 15.1 Å². The third kappa shape index (κ3) is 3.85. The molecule has 4 rings (SSSR count). The largest absolute Gasteiger partial charge is 0.393 e. The number of fused-ring (bicyclic) bond motifs is 5. The quantitative estimate of drug-likeness (QED) is 0.557. The maximum absolute atomic E-state index is 13.4. The SMILES string of the molecule is CCN(CC)C(=S)SCC(=O)[C@@]1(O)CC[C@@H]2[C@@H]3CCC4=CC(=O)CC[C@]4(C)[C@H]3[C@@H](O)C[C@@]21C. The number of rotatable bonds is 5. The van der Waals surface area contributed by atoms with Gasteiger partial charge in [-0.1, -0.05) is 43.4 Å². The van der Waals surface area contributed by atoms with Gasteiger partial charge in [0.05, 0.1) is 11.9 Å². The maximum atomic E-state index is 13.4. The number of allylic oxidation sites excluding steroid dienone is 1. The molecule has 7 atom stereocenters. The van der Waals surface area contributed by atoms with Gasteiger partial charge in [-0.3, -0.25) is 9.59 Å². The van der Waals surface area contributed by atoms with E-state index in [0.717, 1.165) is 38.8 Å². The van der Waals surface area contributed by atoms with Crippen LogP contribution >= 0.6 is 24.0 Å². The van der Waals surface area contributed by atoms with Crippen LogP contribution in [0.4, 0.5) is 0 Å². The lowest BCUT2D eigenvalue weighted by atomic mass is 9.45. The van der Waals surface area contributed by atoms with Crippen molar-refractivity contribution < 1.29 is 19.8 Å². The van der Waals surface area contributed by atoms with Gasteiger partial charge in [0, 0.05) is 24.9 Å². The molecule has 4 aliphatic carbocycles. The molecule has 0 bridgehead atoms. The van der Waals surface area contributed by atoms with Crippen LogP contribution in [0.25, 0.3) is 0 Å². The first-order valence-electron chi connectivity index (χ1n) is 12.6. The second-order valence-electron chi connectivity index (χ2n) is 11.1. The molecule has 33 heavy (non-hydrogen) atoms. The molecule has 0 heterocycles. The molecule has 3 saturated carbocycles. The van der Waals surface area contributed by atoms with E-state index in [1.54, 1.807) is 0 Å². The molecular weight excluding hydrogens is 454 g/mol. The van der Waals surface area contributed by atoms with Gasteiger partial charge in [-0.25, -0.2) is 0 Å². The zero-order valence-corrected chi connectivity index (χ0v) is 22.1. The molecule has 0 aromatic heterocycles. The molecule has 0 aromatic rings. The van der Waals surface area contributed by atoms with Gasteiger partial charge in [0.2, 0.25) is 0 Å². The van der Waals surface area contributed by atoms with Gasteiger partial charge in [-0.05, 0) is 81.6 Å². The van der Waals surface area contributed by atoms with Crippen molar-refractivity contribution in [2.75, 3.05) is 18.8 Å². The Morgan fingerprint density at radius 2 is 1.91 bits per heavy atom. The van der Waals surface area contributed by atoms with Crippen LogP contribution in [0.5, 0.6) is 0 Å². The lowest BCUT2D eigenvalue weighted by molar-refractivity contribution is -0.178. The van der Waals surface area contributed by atoms with E-state index in [-0.39, 0.29) is 40.5 Å². The van der Waals surface area contributed by atoms with Crippen molar-refractivity contribution in [2.45, 2.75) is 84.3 Å². The second-order valence-corrected chi connectivity index (χ2v) is 12.7. The summed E-state index contributed by atoms with van der Waals surface area (Å²) in [6.45, 7) is 9.95. The minimum absolute atomic E-state index is 0.0887. The summed E-state index contributed by atoms with van der Waals surface area (Å²) in [6, 6.07) is 0. The van der Waals surface area contributed by atoms with Crippen LogP contribution in [0.15, 0.2) is 11.6 Å². The highest BCUT2D eigenvalue weighted by atomic mass is 32.2. The van der Waals surface area contributed by atoms with Crippen LogP contribution in [0, 0.1) is 28.6 Å². The maximum Gasteiger partial charge on any atom is 0.175 e. The third-order valence-corrected chi connectivity index (χ3v) is 11.4. The predicted molar refractivity (Wildman–Crippen MR) is 136 cm³/mol. The average molecular weight is 494 g/mol. The smallest absolute Gasteiger partial charge is 0.175 e. The van der Waals surface area contributed by atoms with Crippen LogP contribution in [0.2, 0.25) is 0 Å². The van der Waals surface area contributed by atoms with E-state index in [0.29, 0.717) is 23.6 Å². The Bertz CT molecular complexity index is 870. The number of hydrogen-bond donors (Lipinski definition) is 2. The van der Waals surface area contributed by atoms with E-state index in [2.05, 4.69) is 6.92 Å². The number of Topliss-reactive ketones (excluding diaryl/α,β-unsaturated/α-hetero) is 1. The molecule has 7 heteroatoms. The van der Waals surface area contributed by atoms with Crippen LogP contribution < -0.4 is 0 Å². The van der Waals surface area contributed by atoms with Crippen molar-refractivity contribution in [2.24, 2.45) is 28.6 Å². The lowest BCUT2D eigenvalue weighted by Crippen LogP contribution is -2.62. The van der Waals surface area contributed by atoms with Crippen molar-refractivity contribution in [3.05, 3.63) is 11.6 Å². The molecule has 0 saturated heterocycles. The van der Waals surface area contributed by atoms with E-state index in [1.807, 2.05) is 31.7 Å². The number of hydrogen-bond acceptors (Lipinski definition) is 6. The summed E-state index contributed by atoms with van der Waals surface area (Å²) in [4.78, 5) is 27.6. The number of thiocarbonyl (C=S) groups is 1. The van der Waals surface area contributed by atoms with Crippen LogP contribution in [0.1, 0.15) is 72.6 Å². The van der Waals surface area contributed by atoms with Crippen molar-refractivity contribution in [3.8, 4) is 0 Å². The number of carbonyl (C=O) groups is 2. The summed E-state index contributed by atoms with van der Waals surface area (Å²) in [6.07, 6.45) is 6.09. The third-order valence-electron chi connectivity index (χ3n) is 9.86. The van der Waals surface area contributed by atoms with E-state index >= 15 is 0 Å². The minimum atomic E-state index is -1.42. The number of aliphatic hydroxyl groups excluding tert-OH is 1. The van der Waals surface area contributed by atoms with Gasteiger partial charge in [0.1, 0.15) is 9.92 Å².